The highest BCUT2D eigenvalue weighted by Crippen LogP contribution is 2.33. The van der Waals surface area contributed by atoms with E-state index in [0.29, 0.717) is 24.2 Å². The number of likely N-dealkylation sites (tertiary alicyclic amines) is 1. The van der Waals surface area contributed by atoms with Gasteiger partial charge in [-0.15, -0.1) is 5.10 Å². The maximum atomic E-state index is 13.8. The Bertz CT molecular complexity index is 1100. The van der Waals surface area contributed by atoms with Gasteiger partial charge in [-0.1, -0.05) is 41.6 Å². The van der Waals surface area contributed by atoms with E-state index in [1.807, 2.05) is 37.3 Å². The van der Waals surface area contributed by atoms with Crippen molar-refractivity contribution in [3.63, 3.8) is 0 Å². The Kier molecular flexibility index (Phi) is 5.96. The number of amides is 1. The van der Waals surface area contributed by atoms with Crippen LogP contribution in [0.1, 0.15) is 41.1 Å². The zero-order chi connectivity index (χ0) is 22.9. The number of hydrogen-bond acceptors (Lipinski definition) is 4. The summed E-state index contributed by atoms with van der Waals surface area (Å²) in [5.41, 5.74) is -1.23. The second kappa shape index (κ2) is 8.70. The Labute approximate surface area is 181 Å². The van der Waals surface area contributed by atoms with Gasteiger partial charge in [0, 0.05) is 25.2 Å². The molecule has 1 aliphatic rings. The summed E-state index contributed by atoms with van der Waals surface area (Å²) in [5.74, 6) is -1.69. The van der Waals surface area contributed by atoms with E-state index in [1.54, 1.807) is 0 Å². The van der Waals surface area contributed by atoms with Crippen molar-refractivity contribution in [1.82, 2.24) is 25.2 Å². The number of rotatable bonds is 5. The van der Waals surface area contributed by atoms with Gasteiger partial charge in [0.25, 0.3) is 5.91 Å². The normalized spacial score (nSPS) is 18.0. The van der Waals surface area contributed by atoms with Gasteiger partial charge in [0.05, 0.1) is 5.69 Å². The Morgan fingerprint density at radius 1 is 1.16 bits per heavy atom. The minimum atomic E-state index is -4.91. The van der Waals surface area contributed by atoms with Crippen LogP contribution in [0.15, 0.2) is 54.6 Å². The lowest BCUT2D eigenvalue weighted by molar-refractivity contribution is -0.143. The topological polar surface area (TPSA) is 63.1 Å². The first-order valence-electron chi connectivity index (χ1n) is 10.1. The fourth-order valence-electron chi connectivity index (χ4n) is 3.93. The van der Waals surface area contributed by atoms with Gasteiger partial charge in [-0.3, -0.25) is 9.69 Å². The summed E-state index contributed by atoms with van der Waals surface area (Å²) < 4.78 is 55.3. The molecule has 0 aliphatic carbocycles. The first kappa shape index (κ1) is 21.9. The lowest BCUT2D eigenvalue weighted by Crippen LogP contribution is -2.38. The lowest BCUT2D eigenvalue weighted by Gasteiger charge is -2.24. The minimum Gasteiger partial charge on any atom is -0.347 e. The predicted octanol–water partition coefficient (Wildman–Crippen LogP) is 3.99. The van der Waals surface area contributed by atoms with Crippen molar-refractivity contribution in [2.45, 2.75) is 31.6 Å². The fraction of sp³-hybridized carbons (Fsp3) is 0.318. The van der Waals surface area contributed by atoms with Crippen LogP contribution < -0.4 is 5.32 Å². The van der Waals surface area contributed by atoms with Crippen LogP contribution in [-0.2, 0) is 6.18 Å². The molecule has 4 rings (SSSR count). The fourth-order valence-corrected chi connectivity index (χ4v) is 3.93. The number of benzene rings is 2. The van der Waals surface area contributed by atoms with Gasteiger partial charge in [0.15, 0.2) is 11.4 Å². The first-order chi connectivity index (χ1) is 15.2. The third-order valence-corrected chi connectivity index (χ3v) is 5.59. The van der Waals surface area contributed by atoms with Crippen LogP contribution in [-0.4, -0.2) is 44.9 Å². The van der Waals surface area contributed by atoms with Gasteiger partial charge in [-0.05, 0) is 37.1 Å². The molecule has 2 atom stereocenters. The molecule has 3 aromatic rings. The summed E-state index contributed by atoms with van der Waals surface area (Å²) in [6, 6.07) is 14.1. The lowest BCUT2D eigenvalue weighted by atomic mass is 10.1. The van der Waals surface area contributed by atoms with Gasteiger partial charge < -0.3 is 5.32 Å². The monoisotopic (exact) mass is 447 g/mol. The molecule has 2 unspecified atom stereocenters. The molecule has 6 nitrogen and oxygen atoms in total. The highest BCUT2D eigenvalue weighted by Gasteiger charge is 2.42. The van der Waals surface area contributed by atoms with E-state index in [9.17, 15) is 22.4 Å². The van der Waals surface area contributed by atoms with Crippen LogP contribution >= 0.6 is 0 Å². The highest BCUT2D eigenvalue weighted by atomic mass is 19.4. The Balaban J connectivity index is 1.52. The van der Waals surface area contributed by atoms with E-state index in [4.69, 9.17) is 0 Å². The first-order valence-corrected chi connectivity index (χ1v) is 10.1. The van der Waals surface area contributed by atoms with Crippen molar-refractivity contribution in [3.8, 4) is 5.69 Å². The van der Waals surface area contributed by atoms with Crippen LogP contribution in [0.25, 0.3) is 5.69 Å². The molecule has 1 aliphatic heterocycles. The number of nitrogens with zero attached hydrogens (tertiary/aromatic N) is 4. The van der Waals surface area contributed by atoms with Crippen molar-refractivity contribution in [2.24, 2.45) is 0 Å². The van der Waals surface area contributed by atoms with E-state index in [-0.39, 0.29) is 17.8 Å². The molecule has 168 valence electrons. The van der Waals surface area contributed by atoms with Gasteiger partial charge in [-0.2, -0.15) is 13.2 Å². The van der Waals surface area contributed by atoms with Crippen LogP contribution in [0, 0.1) is 5.82 Å². The molecule has 2 aromatic carbocycles. The quantitative estimate of drug-likeness (QED) is 0.601. The van der Waals surface area contributed by atoms with Gasteiger partial charge in [-0.25, -0.2) is 9.07 Å². The Hall–Kier alpha value is -3.27. The molecular weight excluding hydrogens is 426 g/mol. The number of aromatic nitrogens is 3. The third kappa shape index (κ3) is 4.50. The Morgan fingerprint density at radius 3 is 2.59 bits per heavy atom. The number of alkyl halides is 3. The number of carbonyl (C=O) groups excluding carboxylic acids is 1. The van der Waals surface area contributed by atoms with E-state index in [0.717, 1.165) is 17.7 Å². The SMILES string of the molecule is CC(c1ccccc1)N1CCC(NC(=O)c2nnn(-c3cccc(F)c3)c2C(F)(F)F)C1. The van der Waals surface area contributed by atoms with Crippen LogP contribution in [0.5, 0.6) is 0 Å². The Morgan fingerprint density at radius 2 is 1.91 bits per heavy atom. The molecule has 1 saturated heterocycles. The summed E-state index contributed by atoms with van der Waals surface area (Å²) in [6.45, 7) is 3.25. The molecular formula is C22H21F4N5O. The maximum Gasteiger partial charge on any atom is 0.435 e. The summed E-state index contributed by atoms with van der Waals surface area (Å²) in [6.07, 6.45) is -4.31. The van der Waals surface area contributed by atoms with Crippen molar-refractivity contribution >= 4 is 5.91 Å². The molecule has 1 fully saturated rings. The summed E-state index contributed by atoms with van der Waals surface area (Å²) in [5, 5.41) is 9.61. The summed E-state index contributed by atoms with van der Waals surface area (Å²) in [4.78, 5) is 14.9. The van der Waals surface area contributed by atoms with E-state index < -0.39 is 29.3 Å². The van der Waals surface area contributed by atoms with Crippen LogP contribution in [0.2, 0.25) is 0 Å². The molecule has 2 heterocycles. The maximum absolute atomic E-state index is 13.8. The van der Waals surface area contributed by atoms with Crippen LogP contribution in [0.3, 0.4) is 0 Å². The number of halogens is 4. The van der Waals surface area contributed by atoms with E-state index in [1.165, 1.54) is 12.1 Å². The molecule has 1 N–H and O–H groups in total. The molecule has 0 saturated carbocycles. The molecule has 0 bridgehead atoms. The second-order valence-corrected chi connectivity index (χ2v) is 7.72. The zero-order valence-electron chi connectivity index (χ0n) is 17.2. The molecule has 1 aromatic heterocycles. The van der Waals surface area contributed by atoms with Crippen molar-refractivity contribution < 1.29 is 22.4 Å². The standard InChI is InChI=1S/C22H21F4N5O/c1-14(15-6-3-2-4-7-15)30-11-10-17(13-30)27-21(32)19-20(22(24,25)26)31(29-28-19)18-9-5-8-16(23)12-18/h2-9,12,14,17H,10-11,13H2,1H3,(H,27,32). The largest absolute Gasteiger partial charge is 0.435 e. The van der Waals surface area contributed by atoms with Gasteiger partial charge >= 0.3 is 6.18 Å². The zero-order valence-corrected chi connectivity index (χ0v) is 17.2. The van der Waals surface area contributed by atoms with Crippen LogP contribution in [0.4, 0.5) is 17.6 Å². The number of hydrogen-bond donors (Lipinski definition) is 1. The molecule has 10 heteroatoms. The van der Waals surface area contributed by atoms with Crippen molar-refractivity contribution in [2.75, 3.05) is 13.1 Å². The summed E-state index contributed by atoms with van der Waals surface area (Å²) in [7, 11) is 0. The molecule has 32 heavy (non-hydrogen) atoms. The van der Waals surface area contributed by atoms with E-state index >= 15 is 0 Å². The second-order valence-electron chi connectivity index (χ2n) is 7.72. The average molecular weight is 447 g/mol. The summed E-state index contributed by atoms with van der Waals surface area (Å²) >= 11 is 0. The third-order valence-electron chi connectivity index (χ3n) is 5.59. The molecule has 1 amide bonds. The number of carbonyl (C=O) groups is 1. The number of nitrogens with one attached hydrogen (secondary N) is 1. The smallest absolute Gasteiger partial charge is 0.347 e. The highest BCUT2D eigenvalue weighted by molar-refractivity contribution is 5.93. The van der Waals surface area contributed by atoms with Crippen molar-refractivity contribution in [1.29, 1.82) is 0 Å². The molecule has 0 radical (unpaired) electrons. The van der Waals surface area contributed by atoms with Gasteiger partial charge in [0.2, 0.25) is 0 Å². The molecule has 0 spiro atoms. The van der Waals surface area contributed by atoms with Gasteiger partial charge in [0.1, 0.15) is 5.82 Å². The van der Waals surface area contributed by atoms with Crippen molar-refractivity contribution in [3.05, 3.63) is 77.4 Å². The average Bonchev–Trinajstić information content (AvgIpc) is 3.41. The predicted molar refractivity (Wildman–Crippen MR) is 109 cm³/mol. The minimum absolute atomic E-state index is 0.109. The van der Waals surface area contributed by atoms with E-state index in [2.05, 4.69) is 20.5 Å².